The fourth-order valence-electron chi connectivity index (χ4n) is 2.48. The minimum absolute atomic E-state index is 0.246. The number of aliphatic carboxylic acids is 1. The first-order valence-electron chi connectivity index (χ1n) is 7.54. The molecule has 0 radical (unpaired) electrons. The molecule has 1 heterocycles. The number of rotatable bonds is 5. The van der Waals surface area contributed by atoms with E-state index in [0.29, 0.717) is 11.3 Å². The van der Waals surface area contributed by atoms with Crippen molar-refractivity contribution in [3.63, 3.8) is 0 Å². The zero-order valence-corrected chi connectivity index (χ0v) is 15.7. The zero-order chi connectivity index (χ0) is 18.7. The molecule has 0 unspecified atom stereocenters. The van der Waals surface area contributed by atoms with E-state index in [2.05, 4.69) is 21.0 Å². The Morgan fingerprint density at radius 1 is 1.08 bits per heavy atom. The molecule has 0 amide bonds. The van der Waals surface area contributed by atoms with Gasteiger partial charge in [0, 0.05) is 28.2 Å². The van der Waals surface area contributed by atoms with Gasteiger partial charge >= 0.3 is 5.97 Å². The highest BCUT2D eigenvalue weighted by molar-refractivity contribution is 9.10. The molecule has 6 nitrogen and oxygen atoms in total. The van der Waals surface area contributed by atoms with Crippen LogP contribution in [-0.2, 0) is 21.5 Å². The fraction of sp³-hybridized carbons (Fsp3) is 0.0556. The number of carboxylic acids is 1. The van der Waals surface area contributed by atoms with E-state index in [4.69, 9.17) is 5.11 Å². The number of para-hydroxylation sites is 1. The summed E-state index contributed by atoms with van der Waals surface area (Å²) in [6, 6.07) is 16.7. The van der Waals surface area contributed by atoms with Crippen LogP contribution >= 0.6 is 15.9 Å². The Balaban J connectivity index is 2.15. The first kappa shape index (κ1) is 18.1. The van der Waals surface area contributed by atoms with Crippen LogP contribution in [0, 0.1) is 0 Å². The average molecular weight is 433 g/mol. The van der Waals surface area contributed by atoms with Gasteiger partial charge in [0.15, 0.2) is 4.86 Å². The molecule has 0 saturated carbocycles. The molecule has 0 spiro atoms. The molecule has 8 heteroatoms. The molecule has 0 aliphatic heterocycles. The molecule has 0 atom stereocenters. The number of hydrogen-bond donors (Lipinski definition) is 1. The van der Waals surface area contributed by atoms with Crippen molar-refractivity contribution in [3.05, 3.63) is 70.8 Å². The van der Waals surface area contributed by atoms with Gasteiger partial charge in [-0.3, -0.25) is 0 Å². The second-order valence-electron chi connectivity index (χ2n) is 5.43. The predicted molar refractivity (Wildman–Crippen MR) is 102 cm³/mol. The minimum Gasteiger partial charge on any atom is -0.477 e. The maximum Gasteiger partial charge on any atom is 0.347 e. The largest absolute Gasteiger partial charge is 0.477 e. The molecule has 0 fully saturated rings. The summed E-state index contributed by atoms with van der Waals surface area (Å²) >= 11 is 3.37. The normalized spacial score (nSPS) is 10.5. The fourth-order valence-corrected chi connectivity index (χ4v) is 3.16. The molecule has 2 aromatic carbocycles. The molecule has 1 aromatic heterocycles. The number of carboxylic acid groups (broad SMARTS) is 1. The second kappa shape index (κ2) is 7.67. The third kappa shape index (κ3) is 3.92. The van der Waals surface area contributed by atoms with Crippen LogP contribution in [0.2, 0.25) is 0 Å². The van der Waals surface area contributed by atoms with Crippen molar-refractivity contribution in [3.8, 4) is 16.9 Å². The van der Waals surface area contributed by atoms with Gasteiger partial charge in [-0.1, -0.05) is 46.3 Å². The highest BCUT2D eigenvalue weighted by Gasteiger charge is 2.19. The summed E-state index contributed by atoms with van der Waals surface area (Å²) in [6.07, 6.45) is 1.41. The van der Waals surface area contributed by atoms with E-state index in [-0.39, 0.29) is 6.42 Å². The lowest BCUT2D eigenvalue weighted by Gasteiger charge is -2.02. The van der Waals surface area contributed by atoms with E-state index in [1.54, 1.807) is 10.9 Å². The van der Waals surface area contributed by atoms with Crippen LogP contribution in [0.25, 0.3) is 16.9 Å². The first-order valence-corrected chi connectivity index (χ1v) is 9.41. The topological polar surface area (TPSA) is 89.3 Å². The Bertz CT molecular complexity index is 1080. The highest BCUT2D eigenvalue weighted by Crippen LogP contribution is 2.26. The van der Waals surface area contributed by atoms with Crippen molar-refractivity contribution in [2.75, 3.05) is 0 Å². The molecular formula is C18H13BrN2O4S. The summed E-state index contributed by atoms with van der Waals surface area (Å²) in [7, 11) is -2.81. The summed E-state index contributed by atoms with van der Waals surface area (Å²) in [5.74, 6) is -1.47. The summed E-state index contributed by atoms with van der Waals surface area (Å²) < 4.78 is 25.0. The van der Waals surface area contributed by atoms with E-state index in [9.17, 15) is 13.2 Å². The molecule has 132 valence electrons. The van der Waals surface area contributed by atoms with Crippen molar-refractivity contribution in [2.24, 2.45) is 0 Å². The molecule has 0 bridgehead atoms. The van der Waals surface area contributed by atoms with Gasteiger partial charge in [-0.25, -0.2) is 9.48 Å². The van der Waals surface area contributed by atoms with Crippen LogP contribution in [0.3, 0.4) is 0 Å². The third-order valence-corrected chi connectivity index (χ3v) is 4.97. The van der Waals surface area contributed by atoms with Crippen LogP contribution in [0.4, 0.5) is 0 Å². The van der Waals surface area contributed by atoms with Gasteiger partial charge in [0.2, 0.25) is 10.3 Å². The smallest absolute Gasteiger partial charge is 0.347 e. The number of benzene rings is 2. The van der Waals surface area contributed by atoms with Crippen molar-refractivity contribution in [1.82, 2.24) is 9.78 Å². The van der Waals surface area contributed by atoms with E-state index in [1.807, 2.05) is 54.6 Å². The van der Waals surface area contributed by atoms with Gasteiger partial charge in [0.25, 0.3) is 0 Å². The molecule has 0 saturated heterocycles. The van der Waals surface area contributed by atoms with Crippen LogP contribution in [0.1, 0.15) is 5.56 Å². The molecule has 26 heavy (non-hydrogen) atoms. The quantitative estimate of drug-likeness (QED) is 0.625. The van der Waals surface area contributed by atoms with Gasteiger partial charge in [-0.15, -0.1) is 0 Å². The monoisotopic (exact) mass is 432 g/mol. The van der Waals surface area contributed by atoms with E-state index >= 15 is 0 Å². The lowest BCUT2D eigenvalue weighted by molar-refractivity contribution is -0.129. The van der Waals surface area contributed by atoms with Gasteiger partial charge in [0.05, 0.1) is 11.4 Å². The molecular weight excluding hydrogens is 420 g/mol. The Morgan fingerprint density at radius 2 is 1.73 bits per heavy atom. The minimum atomic E-state index is -2.81. The van der Waals surface area contributed by atoms with Crippen molar-refractivity contribution >= 4 is 37.1 Å². The van der Waals surface area contributed by atoms with Gasteiger partial charge < -0.3 is 5.11 Å². The number of aromatic nitrogens is 2. The van der Waals surface area contributed by atoms with E-state index < -0.39 is 21.1 Å². The Hall–Kier alpha value is -2.71. The Labute approximate surface area is 159 Å². The predicted octanol–water partition coefficient (Wildman–Crippen LogP) is 2.98. The third-order valence-electron chi connectivity index (χ3n) is 3.72. The second-order valence-corrected chi connectivity index (χ2v) is 7.31. The first-order chi connectivity index (χ1) is 12.5. The lowest BCUT2D eigenvalue weighted by Crippen LogP contribution is -2.17. The van der Waals surface area contributed by atoms with Crippen LogP contribution < -0.4 is 0 Å². The molecule has 3 aromatic rings. The standard InChI is InChI=1S/C18H13BrN2O4S/c19-14-8-6-12(7-9-14)17-13(10-16(18(22)23)26(24)25)11-21(20-17)15-4-2-1-3-5-15/h1-9,11H,10H2,(H,22,23). The number of nitrogens with zero attached hydrogens (tertiary/aromatic N) is 2. The molecule has 0 aliphatic carbocycles. The van der Waals surface area contributed by atoms with E-state index in [1.165, 1.54) is 0 Å². The van der Waals surface area contributed by atoms with Gasteiger partial charge in [-0.05, 0) is 24.3 Å². The van der Waals surface area contributed by atoms with E-state index in [0.717, 1.165) is 15.7 Å². The lowest BCUT2D eigenvalue weighted by atomic mass is 10.0. The Morgan fingerprint density at radius 3 is 2.31 bits per heavy atom. The average Bonchev–Trinajstić information content (AvgIpc) is 3.04. The zero-order valence-electron chi connectivity index (χ0n) is 13.3. The van der Waals surface area contributed by atoms with Crippen LogP contribution in [0.15, 0.2) is 65.3 Å². The SMILES string of the molecule is O=C(O)C(Cc1cn(-c2ccccc2)nc1-c1ccc(Br)cc1)=S(=O)=O. The molecule has 0 aliphatic rings. The van der Waals surface area contributed by atoms with Crippen molar-refractivity contribution in [1.29, 1.82) is 0 Å². The highest BCUT2D eigenvalue weighted by atomic mass is 79.9. The molecule has 1 N–H and O–H groups in total. The summed E-state index contributed by atoms with van der Waals surface area (Å²) in [6.45, 7) is 0. The number of carbonyl (C=O) groups is 1. The number of halogens is 1. The van der Waals surface area contributed by atoms with Crippen molar-refractivity contribution in [2.45, 2.75) is 6.42 Å². The van der Waals surface area contributed by atoms with Crippen molar-refractivity contribution < 1.29 is 18.3 Å². The van der Waals surface area contributed by atoms with Crippen LogP contribution in [0.5, 0.6) is 0 Å². The van der Waals surface area contributed by atoms with Crippen LogP contribution in [-0.4, -0.2) is 34.1 Å². The maximum atomic E-state index is 11.3. The summed E-state index contributed by atoms with van der Waals surface area (Å²) in [4.78, 5) is 10.7. The summed E-state index contributed by atoms with van der Waals surface area (Å²) in [5, 5.41) is 13.7. The maximum absolute atomic E-state index is 11.3. The number of hydrogen-bond acceptors (Lipinski definition) is 4. The van der Waals surface area contributed by atoms with Gasteiger partial charge in [0.1, 0.15) is 0 Å². The molecule has 3 rings (SSSR count). The van der Waals surface area contributed by atoms with Gasteiger partial charge in [-0.2, -0.15) is 13.5 Å². The Kier molecular flexibility index (Phi) is 5.34. The summed E-state index contributed by atoms with van der Waals surface area (Å²) in [5.41, 5.74) is 2.60.